The van der Waals surface area contributed by atoms with E-state index in [9.17, 15) is 0 Å². The van der Waals surface area contributed by atoms with E-state index in [2.05, 4.69) is 49.0 Å². The fourth-order valence-corrected chi connectivity index (χ4v) is 4.21. The topological polar surface area (TPSA) is 15.3 Å². The van der Waals surface area contributed by atoms with Gasteiger partial charge in [0, 0.05) is 36.5 Å². The van der Waals surface area contributed by atoms with Crippen molar-refractivity contribution in [2.75, 3.05) is 19.3 Å². The predicted molar refractivity (Wildman–Crippen MR) is 77.7 cm³/mol. The minimum atomic E-state index is 0.665. The number of nitrogens with one attached hydrogen (secondary N) is 1. The van der Waals surface area contributed by atoms with Gasteiger partial charge in [-0.25, -0.2) is 0 Å². The van der Waals surface area contributed by atoms with Gasteiger partial charge in [-0.15, -0.1) is 0 Å². The minimum absolute atomic E-state index is 0.665. The van der Waals surface area contributed by atoms with Crippen LogP contribution >= 0.6 is 11.8 Å². The van der Waals surface area contributed by atoms with Crippen molar-refractivity contribution in [1.29, 1.82) is 0 Å². The van der Waals surface area contributed by atoms with Gasteiger partial charge in [0.2, 0.25) is 0 Å². The molecule has 0 aromatic carbocycles. The fraction of sp³-hybridized carbons (Fsp3) is 1.00. The molecule has 1 N–H and O–H groups in total. The summed E-state index contributed by atoms with van der Waals surface area (Å²) in [5.74, 6) is 0.767. The molecule has 0 radical (unpaired) electrons. The van der Waals surface area contributed by atoms with Gasteiger partial charge >= 0.3 is 0 Å². The molecule has 0 aromatic heterocycles. The van der Waals surface area contributed by atoms with Crippen LogP contribution in [0.15, 0.2) is 0 Å². The average Bonchev–Trinajstić information content (AvgIpc) is 2.76. The van der Waals surface area contributed by atoms with Gasteiger partial charge in [0.25, 0.3) is 0 Å². The van der Waals surface area contributed by atoms with Gasteiger partial charge in [0.05, 0.1) is 0 Å². The molecule has 0 amide bonds. The van der Waals surface area contributed by atoms with E-state index < -0.39 is 0 Å². The molecule has 2 nitrogen and oxygen atoms in total. The lowest BCUT2D eigenvalue weighted by Crippen LogP contribution is -2.59. The Hall–Kier alpha value is 0.270. The highest BCUT2D eigenvalue weighted by atomic mass is 32.2. The Morgan fingerprint density at radius 2 is 2.06 bits per heavy atom. The van der Waals surface area contributed by atoms with Gasteiger partial charge in [-0.2, -0.15) is 11.8 Å². The summed E-state index contributed by atoms with van der Waals surface area (Å²) < 4.78 is 0. The highest BCUT2D eigenvalue weighted by Crippen LogP contribution is 2.34. The van der Waals surface area contributed by atoms with Crippen LogP contribution in [0.1, 0.15) is 40.0 Å². The molecular weight excluding hydrogens is 228 g/mol. The Bertz CT molecular complexity index is 244. The maximum atomic E-state index is 3.65. The van der Waals surface area contributed by atoms with Gasteiger partial charge in [0.15, 0.2) is 0 Å². The second kappa shape index (κ2) is 5.94. The molecule has 17 heavy (non-hydrogen) atoms. The number of rotatable bonds is 3. The van der Waals surface area contributed by atoms with E-state index in [1.54, 1.807) is 0 Å². The van der Waals surface area contributed by atoms with Crippen LogP contribution in [0.2, 0.25) is 0 Å². The molecule has 4 unspecified atom stereocenters. The number of nitrogens with zero attached hydrogens (tertiary/aromatic N) is 1. The van der Waals surface area contributed by atoms with E-state index in [0.717, 1.165) is 23.3 Å². The van der Waals surface area contributed by atoms with Crippen molar-refractivity contribution < 1.29 is 0 Å². The van der Waals surface area contributed by atoms with Crippen LogP contribution in [0.25, 0.3) is 0 Å². The van der Waals surface area contributed by atoms with E-state index >= 15 is 0 Å². The molecule has 1 aliphatic carbocycles. The van der Waals surface area contributed by atoms with E-state index in [1.165, 1.54) is 32.4 Å². The van der Waals surface area contributed by atoms with E-state index in [1.807, 2.05) is 0 Å². The Kier molecular flexibility index (Phi) is 4.79. The highest BCUT2D eigenvalue weighted by Gasteiger charge is 2.36. The summed E-state index contributed by atoms with van der Waals surface area (Å²) >= 11 is 2.07. The van der Waals surface area contributed by atoms with Crippen molar-refractivity contribution >= 4 is 11.8 Å². The Balaban J connectivity index is 2.00. The Morgan fingerprint density at radius 3 is 2.65 bits per heavy atom. The van der Waals surface area contributed by atoms with Crippen LogP contribution in [-0.2, 0) is 0 Å². The molecule has 1 heterocycles. The maximum absolute atomic E-state index is 3.65. The molecule has 1 saturated carbocycles. The summed E-state index contributed by atoms with van der Waals surface area (Å²) in [5.41, 5.74) is 0. The van der Waals surface area contributed by atoms with Crippen LogP contribution in [0.4, 0.5) is 0 Å². The predicted octanol–water partition coefficient (Wildman–Crippen LogP) is 2.59. The van der Waals surface area contributed by atoms with E-state index in [-0.39, 0.29) is 0 Å². The largest absolute Gasteiger partial charge is 0.311 e. The lowest BCUT2D eigenvalue weighted by molar-refractivity contribution is 0.0616. The quantitative estimate of drug-likeness (QED) is 0.835. The zero-order valence-electron chi connectivity index (χ0n) is 11.8. The van der Waals surface area contributed by atoms with Crippen LogP contribution in [0.5, 0.6) is 0 Å². The lowest BCUT2D eigenvalue weighted by atomic mass is 9.96. The van der Waals surface area contributed by atoms with Crippen molar-refractivity contribution in [3.05, 3.63) is 0 Å². The molecule has 2 fully saturated rings. The maximum Gasteiger partial charge on any atom is 0.0247 e. The van der Waals surface area contributed by atoms with Crippen LogP contribution < -0.4 is 5.32 Å². The van der Waals surface area contributed by atoms with Crippen LogP contribution in [0.3, 0.4) is 0 Å². The zero-order valence-corrected chi connectivity index (χ0v) is 12.6. The first-order valence-electron chi connectivity index (χ1n) is 7.13. The van der Waals surface area contributed by atoms with Crippen molar-refractivity contribution in [3.63, 3.8) is 0 Å². The molecule has 3 heteroatoms. The first kappa shape index (κ1) is 13.7. The number of thioether (sulfide) groups is 1. The summed E-state index contributed by atoms with van der Waals surface area (Å²) in [6.45, 7) is 9.49. The third-order valence-corrected chi connectivity index (χ3v) is 5.61. The summed E-state index contributed by atoms with van der Waals surface area (Å²) in [7, 11) is 0. The zero-order chi connectivity index (χ0) is 12.4. The van der Waals surface area contributed by atoms with Crippen molar-refractivity contribution in [1.82, 2.24) is 10.2 Å². The molecule has 2 rings (SSSR count). The molecule has 0 bridgehead atoms. The third kappa shape index (κ3) is 3.18. The average molecular weight is 256 g/mol. The monoisotopic (exact) mass is 256 g/mol. The van der Waals surface area contributed by atoms with Gasteiger partial charge < -0.3 is 5.32 Å². The standard InChI is InChI=1S/C14H28N2S/c1-10(2)14-8-15-11(3)9-16(14)12-5-6-13(7-12)17-4/h10-15H,5-9H2,1-4H3. The lowest BCUT2D eigenvalue weighted by Gasteiger charge is -2.45. The van der Waals surface area contributed by atoms with Gasteiger partial charge in [-0.05, 0) is 38.4 Å². The fourth-order valence-electron chi connectivity index (χ4n) is 3.43. The van der Waals surface area contributed by atoms with Gasteiger partial charge in [-0.1, -0.05) is 13.8 Å². The Labute approximate surface area is 111 Å². The molecule has 1 aliphatic heterocycles. The van der Waals surface area contributed by atoms with Crippen LogP contribution in [-0.4, -0.2) is 47.6 Å². The number of hydrogen-bond acceptors (Lipinski definition) is 3. The summed E-state index contributed by atoms with van der Waals surface area (Å²) in [5, 5.41) is 4.56. The van der Waals surface area contributed by atoms with E-state index in [0.29, 0.717) is 6.04 Å². The third-order valence-electron chi connectivity index (χ3n) is 4.51. The molecule has 4 atom stereocenters. The molecule has 100 valence electrons. The normalized spacial score (nSPS) is 40.1. The van der Waals surface area contributed by atoms with Crippen molar-refractivity contribution in [2.45, 2.75) is 63.4 Å². The first-order valence-corrected chi connectivity index (χ1v) is 8.42. The highest BCUT2D eigenvalue weighted by molar-refractivity contribution is 7.99. The van der Waals surface area contributed by atoms with Gasteiger partial charge in [0.1, 0.15) is 0 Å². The Morgan fingerprint density at radius 1 is 1.29 bits per heavy atom. The molecule has 0 spiro atoms. The van der Waals surface area contributed by atoms with E-state index in [4.69, 9.17) is 0 Å². The second-order valence-corrected chi connectivity index (χ2v) is 7.28. The smallest absolute Gasteiger partial charge is 0.0247 e. The molecular formula is C14H28N2S. The molecule has 1 saturated heterocycles. The number of piperazine rings is 1. The summed E-state index contributed by atoms with van der Waals surface area (Å²) in [6, 6.07) is 2.26. The summed E-state index contributed by atoms with van der Waals surface area (Å²) in [6.07, 6.45) is 6.53. The van der Waals surface area contributed by atoms with Crippen molar-refractivity contribution in [2.24, 2.45) is 5.92 Å². The second-order valence-electron chi connectivity index (χ2n) is 6.14. The number of hydrogen-bond donors (Lipinski definition) is 1. The van der Waals surface area contributed by atoms with Gasteiger partial charge in [-0.3, -0.25) is 4.90 Å². The van der Waals surface area contributed by atoms with Crippen molar-refractivity contribution in [3.8, 4) is 0 Å². The first-order chi connectivity index (χ1) is 8.11. The SMILES string of the molecule is CSC1CCC(N2CC(C)NCC2C(C)C)C1. The minimum Gasteiger partial charge on any atom is -0.311 e. The molecule has 2 aliphatic rings. The van der Waals surface area contributed by atoms with Crippen LogP contribution in [0, 0.1) is 5.92 Å². The molecule has 0 aromatic rings. The summed E-state index contributed by atoms with van der Waals surface area (Å²) in [4.78, 5) is 2.82.